The largest absolute Gasteiger partial charge is 0.351 e. The smallest absolute Gasteiger partial charge is 0.252 e. The predicted octanol–water partition coefficient (Wildman–Crippen LogP) is 5.78. The summed E-state index contributed by atoms with van der Waals surface area (Å²) < 4.78 is 0. The van der Waals surface area contributed by atoms with Gasteiger partial charge in [0.25, 0.3) is 5.91 Å². The van der Waals surface area contributed by atoms with E-state index < -0.39 is 0 Å². The highest BCUT2D eigenvalue weighted by molar-refractivity contribution is 6.33. The fraction of sp³-hybridized carbons (Fsp3) is 0.778. The Balaban J connectivity index is 1.11. The van der Waals surface area contributed by atoms with Crippen molar-refractivity contribution in [3.05, 3.63) is 28.5 Å². The second kappa shape index (κ2) is 9.62. The highest BCUT2D eigenvalue weighted by Gasteiger charge is 2.50. The van der Waals surface area contributed by atoms with Crippen LogP contribution in [0.25, 0.3) is 0 Å². The first-order valence-corrected chi connectivity index (χ1v) is 13.5. The molecule has 4 bridgehead atoms. The van der Waals surface area contributed by atoms with Gasteiger partial charge < -0.3 is 10.6 Å². The molecule has 1 aromatic rings. The predicted molar refractivity (Wildman–Crippen MR) is 130 cm³/mol. The van der Waals surface area contributed by atoms with Crippen molar-refractivity contribution in [3.63, 3.8) is 0 Å². The molecule has 0 saturated heterocycles. The third-order valence-electron chi connectivity index (χ3n) is 9.00. The first-order valence-electron chi connectivity index (χ1n) is 13.1. The SMILES string of the molecule is CC1CCC(NCCCc2cc(C(=O)NCC34CC5CC(CC(C5)C3)C4)c(Cl)cn2)CC1. The van der Waals surface area contributed by atoms with Crippen molar-refractivity contribution in [3.8, 4) is 0 Å². The van der Waals surface area contributed by atoms with Crippen molar-refractivity contribution < 1.29 is 4.79 Å². The van der Waals surface area contributed by atoms with Gasteiger partial charge in [-0.3, -0.25) is 9.78 Å². The van der Waals surface area contributed by atoms with E-state index in [-0.39, 0.29) is 5.91 Å². The zero-order valence-electron chi connectivity index (χ0n) is 19.7. The Morgan fingerprint density at radius 2 is 1.75 bits per heavy atom. The second-order valence-electron chi connectivity index (χ2n) is 11.8. The minimum Gasteiger partial charge on any atom is -0.351 e. The van der Waals surface area contributed by atoms with E-state index in [1.165, 1.54) is 64.2 Å². The highest BCUT2D eigenvalue weighted by Crippen LogP contribution is 2.59. The molecule has 0 aromatic carbocycles. The number of hydrogen-bond acceptors (Lipinski definition) is 3. The topological polar surface area (TPSA) is 54.0 Å². The van der Waals surface area contributed by atoms with Crippen LogP contribution in [0.15, 0.2) is 12.3 Å². The molecule has 5 saturated carbocycles. The fourth-order valence-electron chi connectivity index (χ4n) is 7.70. The molecule has 5 heteroatoms. The molecule has 5 aliphatic carbocycles. The monoisotopic (exact) mass is 457 g/mol. The normalized spacial score (nSPS) is 35.8. The van der Waals surface area contributed by atoms with Crippen molar-refractivity contribution in [1.82, 2.24) is 15.6 Å². The van der Waals surface area contributed by atoms with Gasteiger partial charge in [0.05, 0.1) is 10.6 Å². The van der Waals surface area contributed by atoms with E-state index in [1.54, 1.807) is 6.20 Å². The molecule has 5 fully saturated rings. The van der Waals surface area contributed by atoms with Gasteiger partial charge in [0, 0.05) is 24.5 Å². The number of nitrogens with one attached hydrogen (secondary N) is 2. The second-order valence-corrected chi connectivity index (χ2v) is 12.2. The summed E-state index contributed by atoms with van der Waals surface area (Å²) in [6.07, 6.45) is 17.1. The number of aromatic nitrogens is 1. The molecule has 0 radical (unpaired) electrons. The Hall–Kier alpha value is -1.13. The van der Waals surface area contributed by atoms with Crippen LogP contribution in [0.5, 0.6) is 0 Å². The van der Waals surface area contributed by atoms with E-state index in [1.807, 2.05) is 6.07 Å². The third-order valence-corrected chi connectivity index (χ3v) is 9.31. The standard InChI is InChI=1S/C27H40ClN3O/c1-18-4-6-22(7-5-18)29-8-2-3-23-12-24(25(28)16-30-23)26(32)31-17-27-13-19-9-20(14-27)11-21(10-19)15-27/h12,16,18-22,29H,2-11,13-15,17H2,1H3,(H,31,32). The van der Waals surface area contributed by atoms with Crippen molar-refractivity contribution in [1.29, 1.82) is 0 Å². The molecule has 1 aromatic heterocycles. The van der Waals surface area contributed by atoms with Crippen molar-refractivity contribution >= 4 is 17.5 Å². The van der Waals surface area contributed by atoms with Gasteiger partial charge in [-0.1, -0.05) is 18.5 Å². The number of halogens is 1. The summed E-state index contributed by atoms with van der Waals surface area (Å²) in [5.74, 6) is 3.57. The Morgan fingerprint density at radius 3 is 2.41 bits per heavy atom. The lowest BCUT2D eigenvalue weighted by Gasteiger charge is -2.56. The molecule has 32 heavy (non-hydrogen) atoms. The summed E-state index contributed by atoms with van der Waals surface area (Å²) >= 11 is 6.38. The number of amides is 1. The van der Waals surface area contributed by atoms with Gasteiger partial charge in [0.2, 0.25) is 0 Å². The molecule has 2 N–H and O–H groups in total. The van der Waals surface area contributed by atoms with E-state index in [2.05, 4.69) is 22.5 Å². The van der Waals surface area contributed by atoms with Gasteiger partial charge in [-0.05, 0) is 119 Å². The minimum atomic E-state index is -0.0242. The van der Waals surface area contributed by atoms with E-state index >= 15 is 0 Å². The number of rotatable bonds is 8. The van der Waals surface area contributed by atoms with Crippen LogP contribution in [0, 0.1) is 29.1 Å². The summed E-state index contributed by atoms with van der Waals surface area (Å²) in [4.78, 5) is 17.5. The van der Waals surface area contributed by atoms with Crippen LogP contribution in [-0.2, 0) is 6.42 Å². The lowest BCUT2D eigenvalue weighted by atomic mass is 9.49. The van der Waals surface area contributed by atoms with E-state index in [0.29, 0.717) is 22.0 Å². The summed E-state index contributed by atoms with van der Waals surface area (Å²) in [5, 5.41) is 7.45. The lowest BCUT2D eigenvalue weighted by Crippen LogP contribution is -2.51. The average molecular weight is 458 g/mol. The van der Waals surface area contributed by atoms with Crippen LogP contribution in [-0.4, -0.2) is 30.0 Å². The molecule has 4 nitrogen and oxygen atoms in total. The molecule has 6 rings (SSSR count). The van der Waals surface area contributed by atoms with Gasteiger partial charge in [0.1, 0.15) is 0 Å². The molecule has 176 valence electrons. The van der Waals surface area contributed by atoms with Gasteiger partial charge in [-0.15, -0.1) is 0 Å². The molecule has 1 heterocycles. The van der Waals surface area contributed by atoms with Crippen molar-refractivity contribution in [2.75, 3.05) is 13.1 Å². The van der Waals surface area contributed by atoms with Gasteiger partial charge in [0.15, 0.2) is 0 Å². The first kappa shape index (κ1) is 22.7. The molecule has 0 atom stereocenters. The van der Waals surface area contributed by atoms with E-state index in [0.717, 1.165) is 55.3 Å². The lowest BCUT2D eigenvalue weighted by molar-refractivity contribution is -0.0503. The Labute approximate surface area is 198 Å². The number of nitrogens with zero attached hydrogens (tertiary/aromatic N) is 1. The minimum absolute atomic E-state index is 0.0242. The van der Waals surface area contributed by atoms with Crippen LogP contribution in [0.2, 0.25) is 5.02 Å². The van der Waals surface area contributed by atoms with Crippen LogP contribution in [0.4, 0.5) is 0 Å². The van der Waals surface area contributed by atoms with Crippen LogP contribution < -0.4 is 10.6 Å². The van der Waals surface area contributed by atoms with Gasteiger partial charge in [-0.25, -0.2) is 0 Å². The maximum Gasteiger partial charge on any atom is 0.252 e. The van der Waals surface area contributed by atoms with Crippen LogP contribution in [0.1, 0.15) is 93.6 Å². The molecular formula is C27H40ClN3O. The van der Waals surface area contributed by atoms with E-state index in [4.69, 9.17) is 11.6 Å². The van der Waals surface area contributed by atoms with Crippen LogP contribution in [0.3, 0.4) is 0 Å². The molecule has 0 spiro atoms. The summed E-state index contributed by atoms with van der Waals surface area (Å²) in [7, 11) is 0. The maximum absolute atomic E-state index is 13.0. The summed E-state index contributed by atoms with van der Waals surface area (Å²) in [5.41, 5.74) is 1.90. The third kappa shape index (κ3) is 5.17. The number of aryl methyl sites for hydroxylation is 1. The Morgan fingerprint density at radius 1 is 1.09 bits per heavy atom. The zero-order valence-corrected chi connectivity index (χ0v) is 20.4. The first-order chi connectivity index (χ1) is 15.5. The number of carbonyl (C=O) groups excluding carboxylic acids is 1. The van der Waals surface area contributed by atoms with Crippen molar-refractivity contribution in [2.24, 2.45) is 29.1 Å². The van der Waals surface area contributed by atoms with Crippen molar-refractivity contribution in [2.45, 2.75) is 90.0 Å². The molecule has 1 amide bonds. The Bertz CT molecular complexity index is 782. The molecule has 0 unspecified atom stereocenters. The number of carbonyl (C=O) groups is 1. The zero-order chi connectivity index (χ0) is 22.1. The molecule has 0 aliphatic heterocycles. The quantitative estimate of drug-likeness (QED) is 0.486. The van der Waals surface area contributed by atoms with Crippen LogP contribution >= 0.6 is 11.6 Å². The maximum atomic E-state index is 13.0. The highest BCUT2D eigenvalue weighted by atomic mass is 35.5. The number of pyridine rings is 1. The summed E-state index contributed by atoms with van der Waals surface area (Å²) in [6, 6.07) is 2.59. The Kier molecular flexibility index (Phi) is 6.81. The fourth-order valence-corrected chi connectivity index (χ4v) is 7.89. The van der Waals surface area contributed by atoms with Gasteiger partial charge in [-0.2, -0.15) is 0 Å². The number of hydrogen-bond donors (Lipinski definition) is 2. The molecule has 5 aliphatic rings. The van der Waals surface area contributed by atoms with Gasteiger partial charge >= 0.3 is 0 Å². The molecular weight excluding hydrogens is 418 g/mol. The summed E-state index contributed by atoms with van der Waals surface area (Å²) in [6.45, 7) is 4.18. The average Bonchev–Trinajstić information content (AvgIpc) is 2.76. The van der Waals surface area contributed by atoms with E-state index in [9.17, 15) is 4.79 Å².